The lowest BCUT2D eigenvalue weighted by atomic mass is 9.87. The minimum Gasteiger partial charge on any atom is -0.467 e. The fraction of sp³-hybridized carbons (Fsp3) is 0.350. The number of hydrogen-bond acceptors (Lipinski definition) is 5. The number of rotatable bonds is 4. The number of H-pyrrole nitrogens is 1. The van der Waals surface area contributed by atoms with Crippen LogP contribution in [0.15, 0.2) is 36.5 Å². The van der Waals surface area contributed by atoms with Gasteiger partial charge in [0.25, 0.3) is 0 Å². The molecule has 6 nitrogen and oxygen atoms in total. The molecule has 2 N–H and O–H groups in total. The second-order valence-corrected chi connectivity index (χ2v) is 6.79. The molecule has 2 heterocycles. The molecule has 1 aliphatic rings. The Bertz CT molecular complexity index is 918. The highest BCUT2D eigenvalue weighted by Gasteiger charge is 2.25. The van der Waals surface area contributed by atoms with Crippen LogP contribution in [0, 0.1) is 5.82 Å². The first-order valence-corrected chi connectivity index (χ1v) is 9.05. The Morgan fingerprint density at radius 1 is 1.07 bits per heavy atom. The van der Waals surface area contributed by atoms with Crippen LogP contribution in [0.4, 0.5) is 4.39 Å². The minimum atomic E-state index is -0.291. The van der Waals surface area contributed by atoms with Crippen molar-refractivity contribution in [3.8, 4) is 28.7 Å². The first-order chi connectivity index (χ1) is 13.1. The molecule has 1 fully saturated rings. The van der Waals surface area contributed by atoms with E-state index in [1.54, 1.807) is 24.4 Å². The zero-order valence-corrected chi connectivity index (χ0v) is 15.0. The lowest BCUT2D eigenvalue weighted by Crippen LogP contribution is -2.17. The number of aromatic nitrogens is 4. The average Bonchev–Trinajstić information content (AvgIpc) is 3.14. The summed E-state index contributed by atoms with van der Waals surface area (Å²) in [5.41, 5.74) is 2.94. The van der Waals surface area contributed by atoms with E-state index in [0.29, 0.717) is 5.69 Å². The van der Waals surface area contributed by atoms with Crippen LogP contribution in [-0.4, -0.2) is 38.3 Å². The van der Waals surface area contributed by atoms with Crippen molar-refractivity contribution in [2.45, 2.75) is 37.7 Å². The molecule has 0 atom stereocenters. The zero-order chi connectivity index (χ0) is 18.8. The summed E-state index contributed by atoms with van der Waals surface area (Å²) in [6.07, 6.45) is 4.71. The number of benzene rings is 1. The molecule has 3 aromatic rings. The third-order valence-corrected chi connectivity index (χ3v) is 5.00. The Kier molecular flexibility index (Phi) is 4.85. The summed E-state index contributed by atoms with van der Waals surface area (Å²) in [6.45, 7) is 0. The largest absolute Gasteiger partial charge is 0.467 e. The molecule has 0 spiro atoms. The van der Waals surface area contributed by atoms with Crippen molar-refractivity contribution >= 4 is 0 Å². The molecule has 0 saturated heterocycles. The maximum atomic E-state index is 13.4. The van der Waals surface area contributed by atoms with Crippen molar-refractivity contribution in [2.75, 3.05) is 7.11 Å². The molecule has 1 aliphatic carbocycles. The van der Waals surface area contributed by atoms with Gasteiger partial charge in [-0.1, -0.05) is 0 Å². The molecule has 7 heteroatoms. The number of aliphatic hydroxyl groups excluding tert-OH is 1. The third-order valence-electron chi connectivity index (χ3n) is 5.00. The van der Waals surface area contributed by atoms with Crippen molar-refractivity contribution < 1.29 is 14.2 Å². The number of aliphatic hydroxyl groups is 1. The summed E-state index contributed by atoms with van der Waals surface area (Å²) in [5, 5.41) is 9.78. The van der Waals surface area contributed by atoms with E-state index in [2.05, 4.69) is 15.0 Å². The third kappa shape index (κ3) is 3.68. The fourth-order valence-electron chi connectivity index (χ4n) is 3.51. The normalized spacial score (nSPS) is 19.8. The van der Waals surface area contributed by atoms with Crippen LogP contribution in [0.1, 0.15) is 37.4 Å². The lowest BCUT2D eigenvalue weighted by molar-refractivity contribution is 0.121. The van der Waals surface area contributed by atoms with Crippen LogP contribution in [0.3, 0.4) is 0 Å². The summed E-state index contributed by atoms with van der Waals surface area (Å²) in [5.74, 6) is 0.833. The van der Waals surface area contributed by atoms with Crippen LogP contribution in [0.5, 0.6) is 6.01 Å². The van der Waals surface area contributed by atoms with E-state index in [4.69, 9.17) is 9.72 Å². The van der Waals surface area contributed by atoms with Crippen LogP contribution in [-0.2, 0) is 0 Å². The predicted octanol–water partition coefficient (Wildman–Crippen LogP) is 3.70. The van der Waals surface area contributed by atoms with Crippen LogP contribution in [0.25, 0.3) is 22.6 Å². The highest BCUT2D eigenvalue weighted by molar-refractivity contribution is 5.76. The molecule has 0 bridgehead atoms. The van der Waals surface area contributed by atoms with Crippen LogP contribution in [0.2, 0.25) is 0 Å². The fourth-order valence-corrected chi connectivity index (χ4v) is 3.51. The molecule has 4 rings (SSSR count). The van der Waals surface area contributed by atoms with E-state index < -0.39 is 0 Å². The Hall–Kier alpha value is -2.80. The number of aromatic amines is 1. The summed E-state index contributed by atoms with van der Waals surface area (Å²) in [6, 6.07) is 8.33. The molecule has 2 aromatic heterocycles. The van der Waals surface area contributed by atoms with Gasteiger partial charge in [-0.3, -0.25) is 0 Å². The number of ether oxygens (including phenoxy) is 1. The zero-order valence-electron chi connectivity index (χ0n) is 15.0. The van der Waals surface area contributed by atoms with Gasteiger partial charge in [0, 0.05) is 17.7 Å². The topological polar surface area (TPSA) is 83.9 Å². The Morgan fingerprint density at radius 2 is 1.81 bits per heavy atom. The van der Waals surface area contributed by atoms with Gasteiger partial charge >= 0.3 is 6.01 Å². The SMILES string of the molecule is COc1nccc(-c2[nH]c([C@H]3CC[C@@H](O)CC3)nc2-c2ccc(F)cc2)n1. The molecule has 0 amide bonds. The van der Waals surface area contributed by atoms with Crippen LogP contribution < -0.4 is 4.74 Å². The van der Waals surface area contributed by atoms with Crippen molar-refractivity contribution in [1.29, 1.82) is 0 Å². The number of halogens is 1. The van der Waals surface area contributed by atoms with E-state index in [1.807, 2.05) is 0 Å². The van der Waals surface area contributed by atoms with Gasteiger partial charge in [0.15, 0.2) is 0 Å². The van der Waals surface area contributed by atoms with Gasteiger partial charge in [0.05, 0.1) is 30.3 Å². The van der Waals surface area contributed by atoms with Crippen LogP contribution >= 0.6 is 0 Å². The maximum Gasteiger partial charge on any atom is 0.316 e. The number of methoxy groups -OCH3 is 1. The van der Waals surface area contributed by atoms with Crippen molar-refractivity contribution in [3.05, 3.63) is 48.2 Å². The first kappa shape index (κ1) is 17.6. The molecule has 1 saturated carbocycles. The Labute approximate surface area is 156 Å². The molecule has 0 unspecified atom stereocenters. The monoisotopic (exact) mass is 368 g/mol. The second kappa shape index (κ2) is 7.44. The molecule has 0 aliphatic heterocycles. The van der Waals surface area contributed by atoms with Gasteiger partial charge in [-0.05, 0) is 56.0 Å². The van der Waals surface area contributed by atoms with Gasteiger partial charge < -0.3 is 14.8 Å². The van der Waals surface area contributed by atoms with E-state index in [-0.39, 0.29) is 23.8 Å². The number of imidazole rings is 1. The Balaban J connectivity index is 1.78. The summed E-state index contributed by atoms with van der Waals surface area (Å²) < 4.78 is 18.5. The summed E-state index contributed by atoms with van der Waals surface area (Å²) in [4.78, 5) is 16.7. The average molecular weight is 368 g/mol. The van der Waals surface area contributed by atoms with Gasteiger partial charge in [-0.15, -0.1) is 0 Å². The van der Waals surface area contributed by atoms with Gasteiger partial charge in [-0.25, -0.2) is 14.4 Å². The number of hydrogen-bond donors (Lipinski definition) is 2. The highest BCUT2D eigenvalue weighted by atomic mass is 19.1. The van der Waals surface area contributed by atoms with Crippen molar-refractivity contribution in [1.82, 2.24) is 19.9 Å². The molecule has 0 radical (unpaired) electrons. The van der Waals surface area contributed by atoms with Gasteiger partial charge in [0.2, 0.25) is 0 Å². The molecular weight excluding hydrogens is 347 g/mol. The molecular formula is C20H21FN4O2. The second-order valence-electron chi connectivity index (χ2n) is 6.79. The molecule has 27 heavy (non-hydrogen) atoms. The Morgan fingerprint density at radius 3 is 2.52 bits per heavy atom. The highest BCUT2D eigenvalue weighted by Crippen LogP contribution is 2.36. The number of nitrogens with zero attached hydrogens (tertiary/aromatic N) is 3. The van der Waals surface area contributed by atoms with Crippen molar-refractivity contribution in [3.63, 3.8) is 0 Å². The smallest absolute Gasteiger partial charge is 0.316 e. The van der Waals surface area contributed by atoms with E-state index >= 15 is 0 Å². The quantitative estimate of drug-likeness (QED) is 0.734. The minimum absolute atomic E-state index is 0.224. The summed E-state index contributed by atoms with van der Waals surface area (Å²) in [7, 11) is 1.52. The number of nitrogens with one attached hydrogen (secondary N) is 1. The lowest BCUT2D eigenvalue weighted by Gasteiger charge is -2.23. The molecule has 1 aromatic carbocycles. The van der Waals surface area contributed by atoms with Gasteiger partial charge in [0.1, 0.15) is 11.6 Å². The molecule has 140 valence electrons. The van der Waals surface area contributed by atoms with E-state index in [0.717, 1.165) is 48.5 Å². The van der Waals surface area contributed by atoms with Crippen molar-refractivity contribution in [2.24, 2.45) is 0 Å². The first-order valence-electron chi connectivity index (χ1n) is 9.05. The van der Waals surface area contributed by atoms with Gasteiger partial charge in [-0.2, -0.15) is 4.98 Å². The predicted molar refractivity (Wildman–Crippen MR) is 98.8 cm³/mol. The van der Waals surface area contributed by atoms with E-state index in [9.17, 15) is 9.50 Å². The standard InChI is InChI=1S/C20H21FN4O2/c1-27-20-22-11-10-16(23-20)18-17(12-2-6-14(21)7-3-12)24-19(25-18)13-4-8-15(26)9-5-13/h2-3,6-7,10-11,13,15,26H,4-5,8-9H2,1H3,(H,24,25)/t13-,15+. The maximum absolute atomic E-state index is 13.4. The van der Waals surface area contributed by atoms with E-state index in [1.165, 1.54) is 19.2 Å². The summed E-state index contributed by atoms with van der Waals surface area (Å²) >= 11 is 0.